The lowest BCUT2D eigenvalue weighted by molar-refractivity contribution is -0.124. The van der Waals surface area contributed by atoms with Crippen molar-refractivity contribution in [3.05, 3.63) is 65.7 Å². The van der Waals surface area contributed by atoms with Crippen molar-refractivity contribution in [3.63, 3.8) is 0 Å². The predicted octanol–water partition coefficient (Wildman–Crippen LogP) is 3.58. The zero-order chi connectivity index (χ0) is 18.8. The van der Waals surface area contributed by atoms with Gasteiger partial charge in [0.25, 0.3) is 5.91 Å². The van der Waals surface area contributed by atoms with E-state index in [1.165, 1.54) is 0 Å². The molecule has 2 rings (SSSR count). The average Bonchev–Trinajstić information content (AvgIpc) is 2.65. The third-order valence-corrected chi connectivity index (χ3v) is 3.72. The van der Waals surface area contributed by atoms with E-state index in [1.807, 2.05) is 30.3 Å². The molecule has 0 atom stereocenters. The molecule has 1 N–H and O–H groups in total. The van der Waals surface area contributed by atoms with Gasteiger partial charge < -0.3 is 14.8 Å². The van der Waals surface area contributed by atoms with Crippen molar-refractivity contribution in [3.8, 4) is 5.75 Å². The Morgan fingerprint density at radius 1 is 1.00 bits per heavy atom. The molecule has 0 bridgehead atoms. The fourth-order valence-corrected chi connectivity index (χ4v) is 2.26. The van der Waals surface area contributed by atoms with Gasteiger partial charge in [0.15, 0.2) is 6.61 Å². The molecule has 138 valence electrons. The molecule has 5 heteroatoms. The maximum atomic E-state index is 12.3. The number of benzene rings is 2. The molecule has 0 aliphatic heterocycles. The summed E-state index contributed by atoms with van der Waals surface area (Å²) in [4.78, 5) is 24.0. The van der Waals surface area contributed by atoms with Crippen molar-refractivity contribution in [1.82, 2.24) is 5.32 Å². The SMILES string of the molecule is CC(C)CCNC(=O)COC(=O)c1ccccc1OCc1ccccc1. The van der Waals surface area contributed by atoms with Gasteiger partial charge >= 0.3 is 5.97 Å². The van der Waals surface area contributed by atoms with Crippen LogP contribution in [-0.2, 0) is 16.1 Å². The van der Waals surface area contributed by atoms with E-state index in [-0.39, 0.29) is 12.5 Å². The summed E-state index contributed by atoms with van der Waals surface area (Å²) in [6.07, 6.45) is 0.885. The molecular weight excluding hydrogens is 330 g/mol. The minimum Gasteiger partial charge on any atom is -0.488 e. The average molecular weight is 355 g/mol. The van der Waals surface area contributed by atoms with Gasteiger partial charge in [-0.05, 0) is 30.0 Å². The number of rotatable bonds is 9. The first-order chi connectivity index (χ1) is 12.6. The van der Waals surface area contributed by atoms with E-state index in [9.17, 15) is 9.59 Å². The number of nitrogens with one attached hydrogen (secondary N) is 1. The fraction of sp³-hybridized carbons (Fsp3) is 0.333. The lowest BCUT2D eigenvalue weighted by Crippen LogP contribution is -2.30. The van der Waals surface area contributed by atoms with Crippen LogP contribution in [0.4, 0.5) is 0 Å². The predicted molar refractivity (Wildman–Crippen MR) is 100.0 cm³/mol. The molecule has 0 saturated carbocycles. The second kappa shape index (κ2) is 10.2. The number of hydrogen-bond acceptors (Lipinski definition) is 4. The van der Waals surface area contributed by atoms with Crippen LogP contribution < -0.4 is 10.1 Å². The van der Waals surface area contributed by atoms with Crippen molar-refractivity contribution in [2.45, 2.75) is 26.9 Å². The van der Waals surface area contributed by atoms with Crippen molar-refractivity contribution in [2.24, 2.45) is 5.92 Å². The van der Waals surface area contributed by atoms with Gasteiger partial charge in [0.05, 0.1) is 0 Å². The molecule has 0 radical (unpaired) electrons. The number of hydrogen-bond donors (Lipinski definition) is 1. The van der Waals surface area contributed by atoms with Gasteiger partial charge in [0.1, 0.15) is 17.9 Å². The van der Waals surface area contributed by atoms with Crippen LogP contribution in [0, 0.1) is 5.92 Å². The maximum absolute atomic E-state index is 12.3. The van der Waals surface area contributed by atoms with Crippen LogP contribution in [0.2, 0.25) is 0 Å². The number of para-hydroxylation sites is 1. The van der Waals surface area contributed by atoms with E-state index in [0.29, 0.717) is 30.4 Å². The van der Waals surface area contributed by atoms with Crippen LogP contribution in [0.1, 0.15) is 36.2 Å². The summed E-state index contributed by atoms with van der Waals surface area (Å²) in [7, 11) is 0. The summed E-state index contributed by atoms with van der Waals surface area (Å²) in [6, 6.07) is 16.5. The highest BCUT2D eigenvalue weighted by Crippen LogP contribution is 2.20. The Balaban J connectivity index is 1.87. The van der Waals surface area contributed by atoms with Crippen molar-refractivity contribution >= 4 is 11.9 Å². The third-order valence-electron chi connectivity index (χ3n) is 3.72. The molecule has 1 amide bonds. The van der Waals surface area contributed by atoms with Crippen LogP contribution in [0.25, 0.3) is 0 Å². The van der Waals surface area contributed by atoms with E-state index in [4.69, 9.17) is 9.47 Å². The van der Waals surface area contributed by atoms with Gasteiger partial charge in [-0.2, -0.15) is 0 Å². The highest BCUT2D eigenvalue weighted by Gasteiger charge is 2.15. The molecule has 0 aliphatic rings. The number of esters is 1. The van der Waals surface area contributed by atoms with Gasteiger partial charge in [-0.25, -0.2) is 4.79 Å². The van der Waals surface area contributed by atoms with Crippen molar-refractivity contribution < 1.29 is 19.1 Å². The van der Waals surface area contributed by atoms with Gasteiger partial charge in [0.2, 0.25) is 0 Å². The molecule has 5 nitrogen and oxygen atoms in total. The molecule has 0 saturated heterocycles. The summed E-state index contributed by atoms with van der Waals surface area (Å²) in [5.74, 6) is 0.0578. The molecule has 0 spiro atoms. The largest absolute Gasteiger partial charge is 0.488 e. The van der Waals surface area contributed by atoms with Crippen LogP contribution in [0.3, 0.4) is 0 Å². The second-order valence-electron chi connectivity index (χ2n) is 6.38. The van der Waals surface area contributed by atoms with Crippen LogP contribution >= 0.6 is 0 Å². The summed E-state index contributed by atoms with van der Waals surface area (Å²) in [5, 5.41) is 2.73. The quantitative estimate of drug-likeness (QED) is 0.698. The zero-order valence-electron chi connectivity index (χ0n) is 15.2. The molecule has 2 aromatic rings. The van der Waals surface area contributed by atoms with E-state index >= 15 is 0 Å². The molecular formula is C21H25NO4. The normalized spacial score (nSPS) is 10.4. The molecule has 0 heterocycles. The monoisotopic (exact) mass is 355 g/mol. The van der Waals surface area contributed by atoms with Gasteiger partial charge in [-0.1, -0.05) is 56.3 Å². The first kappa shape index (κ1) is 19.5. The second-order valence-corrected chi connectivity index (χ2v) is 6.38. The first-order valence-corrected chi connectivity index (χ1v) is 8.76. The molecule has 2 aromatic carbocycles. The minimum absolute atomic E-state index is 0.302. The summed E-state index contributed by atoms with van der Waals surface area (Å²) in [6.45, 7) is 4.78. The van der Waals surface area contributed by atoms with Crippen LogP contribution in [-0.4, -0.2) is 25.0 Å². The van der Waals surface area contributed by atoms with Gasteiger partial charge in [-0.15, -0.1) is 0 Å². The Hall–Kier alpha value is -2.82. The summed E-state index contributed by atoms with van der Waals surface area (Å²) < 4.78 is 10.9. The summed E-state index contributed by atoms with van der Waals surface area (Å²) in [5.41, 5.74) is 1.30. The molecule has 0 fully saturated rings. The van der Waals surface area contributed by atoms with Crippen LogP contribution in [0.15, 0.2) is 54.6 Å². The Morgan fingerprint density at radius 3 is 2.42 bits per heavy atom. The van der Waals surface area contributed by atoms with E-state index < -0.39 is 5.97 Å². The van der Waals surface area contributed by atoms with Gasteiger partial charge in [-0.3, -0.25) is 4.79 Å². The Kier molecular flexibility index (Phi) is 7.68. The van der Waals surface area contributed by atoms with Crippen LogP contribution in [0.5, 0.6) is 5.75 Å². The lowest BCUT2D eigenvalue weighted by atomic mass is 10.1. The minimum atomic E-state index is -0.576. The summed E-state index contributed by atoms with van der Waals surface area (Å²) >= 11 is 0. The van der Waals surface area contributed by atoms with E-state index in [0.717, 1.165) is 12.0 Å². The first-order valence-electron chi connectivity index (χ1n) is 8.76. The topological polar surface area (TPSA) is 64.6 Å². The zero-order valence-corrected chi connectivity index (χ0v) is 15.2. The third kappa shape index (κ3) is 6.59. The Bertz CT molecular complexity index is 713. The smallest absolute Gasteiger partial charge is 0.342 e. The van der Waals surface area contributed by atoms with Gasteiger partial charge in [0, 0.05) is 6.54 Å². The standard InChI is InChI=1S/C21H25NO4/c1-16(2)12-13-22-20(23)15-26-21(24)18-10-6-7-11-19(18)25-14-17-8-4-3-5-9-17/h3-11,16H,12-15H2,1-2H3,(H,22,23). The molecule has 0 aliphatic carbocycles. The molecule has 0 unspecified atom stereocenters. The maximum Gasteiger partial charge on any atom is 0.342 e. The fourth-order valence-electron chi connectivity index (χ4n) is 2.26. The number of amides is 1. The lowest BCUT2D eigenvalue weighted by Gasteiger charge is -2.11. The Morgan fingerprint density at radius 2 is 1.69 bits per heavy atom. The molecule has 26 heavy (non-hydrogen) atoms. The number of ether oxygens (including phenoxy) is 2. The van der Waals surface area contributed by atoms with Crippen molar-refractivity contribution in [2.75, 3.05) is 13.2 Å². The highest BCUT2D eigenvalue weighted by molar-refractivity contribution is 5.93. The molecule has 0 aromatic heterocycles. The number of carbonyl (C=O) groups is 2. The highest BCUT2D eigenvalue weighted by atomic mass is 16.5. The van der Waals surface area contributed by atoms with E-state index in [2.05, 4.69) is 19.2 Å². The van der Waals surface area contributed by atoms with Crippen molar-refractivity contribution in [1.29, 1.82) is 0 Å². The Labute approximate surface area is 154 Å². The van der Waals surface area contributed by atoms with E-state index in [1.54, 1.807) is 24.3 Å². The number of carbonyl (C=O) groups excluding carboxylic acids is 2.